The first-order valence-corrected chi connectivity index (χ1v) is 3.06. The van der Waals surface area contributed by atoms with Crippen molar-refractivity contribution < 1.29 is 91.5 Å². The first-order chi connectivity index (χ1) is 4.86. The van der Waals surface area contributed by atoms with E-state index >= 15 is 0 Å². The molecule has 0 aromatic heterocycles. The van der Waals surface area contributed by atoms with Crippen LogP contribution in [0.25, 0.3) is 0 Å². The minimum absolute atomic E-state index is 0. The molecule has 0 bridgehead atoms. The van der Waals surface area contributed by atoms with Crippen LogP contribution in [0.15, 0.2) is 0 Å². The van der Waals surface area contributed by atoms with Gasteiger partial charge in [-0.1, -0.05) is 0 Å². The van der Waals surface area contributed by atoms with E-state index in [2.05, 4.69) is 20.8 Å². The molecule has 4 nitrogen and oxygen atoms in total. The van der Waals surface area contributed by atoms with E-state index in [1.165, 1.54) is 5.92 Å². The van der Waals surface area contributed by atoms with E-state index in [9.17, 15) is 9.59 Å². The fourth-order valence-electron chi connectivity index (χ4n) is 0.129. The van der Waals surface area contributed by atoms with Gasteiger partial charge in [-0.05, 0) is 0 Å². The molecule has 0 aliphatic heterocycles. The first-order valence-electron chi connectivity index (χ1n) is 3.06. The predicted octanol–water partition coefficient (Wildman–Crippen LogP) is -4.71. The zero-order valence-corrected chi connectivity index (χ0v) is 12.0. The molecule has 68 valence electrons. The predicted molar refractivity (Wildman–Crippen MR) is 41.3 cm³/mol. The average Bonchev–Trinajstić information content (AvgIpc) is 1.56. The van der Waals surface area contributed by atoms with Crippen molar-refractivity contribution in [1.29, 1.82) is 0 Å². The Labute approximate surface area is 135 Å². The Bertz CT molecular complexity index is 129. The number of hydrogen-bond donors (Lipinski definition) is 2. The summed E-state index contributed by atoms with van der Waals surface area (Å²) in [5, 5.41) is 15.4. The molecule has 0 rings (SSSR count). The number of hydrogen-bond acceptors (Lipinski definition) is 2. The summed E-state index contributed by atoms with van der Waals surface area (Å²) < 4.78 is 0. The largest absolute Gasteiger partial charge is 1.00 e. The van der Waals surface area contributed by atoms with Crippen LogP contribution in [0.2, 0.25) is 0 Å². The molecule has 0 aromatic rings. The van der Waals surface area contributed by atoms with Gasteiger partial charge in [0.05, 0.1) is 0 Å². The second-order valence-electron chi connectivity index (χ2n) is 2.46. The molecule has 0 saturated carbocycles. The molecule has 0 unspecified atom stereocenters. The van der Waals surface area contributed by atoms with Crippen LogP contribution in [0.1, 0.15) is 28.6 Å². The van der Waals surface area contributed by atoms with Gasteiger partial charge in [-0.2, -0.15) is 20.8 Å². The van der Waals surface area contributed by atoms with Gasteiger partial charge in [-0.3, -0.25) is 9.59 Å². The summed E-state index contributed by atoms with van der Waals surface area (Å²) in [5.41, 5.74) is 0. The number of rotatable bonds is 2. The Hall–Kier alpha value is 1.17. The average molecular weight is 208 g/mol. The van der Waals surface area contributed by atoms with Crippen LogP contribution in [0, 0.1) is 5.92 Å². The molecular formula is C7H14KLiO4. The molecule has 0 saturated heterocycles. The number of carboxylic acids is 2. The third-order valence-corrected chi connectivity index (χ3v) is 0.302. The zero-order valence-electron chi connectivity index (χ0n) is 9.92. The maximum Gasteiger partial charge on any atom is 1.00 e. The molecule has 0 aliphatic rings. The molecule has 0 atom stereocenters. The third kappa shape index (κ3) is 61.4. The number of carboxylic acid groups (broad SMARTS) is 2. The monoisotopic (exact) mass is 208 g/mol. The van der Waals surface area contributed by atoms with Gasteiger partial charge in [-0.15, -0.1) is 0 Å². The minimum atomic E-state index is -1.31. The first kappa shape index (κ1) is 23.8. The van der Waals surface area contributed by atoms with Gasteiger partial charge in [0.2, 0.25) is 0 Å². The Morgan fingerprint density at radius 2 is 1.31 bits per heavy atom. The summed E-state index contributed by atoms with van der Waals surface area (Å²) in [7, 11) is 0. The van der Waals surface area contributed by atoms with Gasteiger partial charge in [0.15, 0.2) is 0 Å². The van der Waals surface area contributed by atoms with Crippen molar-refractivity contribution in [2.45, 2.75) is 27.2 Å². The van der Waals surface area contributed by atoms with Crippen molar-refractivity contribution in [1.82, 2.24) is 0 Å². The van der Waals surface area contributed by atoms with E-state index in [1.54, 1.807) is 0 Å². The summed E-state index contributed by atoms with van der Waals surface area (Å²) in [5.74, 6) is -1.21. The molecule has 0 amide bonds. The van der Waals surface area contributed by atoms with Gasteiger partial charge < -0.3 is 17.6 Å². The van der Waals surface area contributed by atoms with Crippen molar-refractivity contribution in [3.63, 3.8) is 0 Å². The molecule has 0 heterocycles. The van der Waals surface area contributed by atoms with E-state index in [4.69, 9.17) is 10.2 Å². The van der Waals surface area contributed by atoms with Crippen molar-refractivity contribution in [2.75, 3.05) is 0 Å². The van der Waals surface area contributed by atoms with Crippen LogP contribution >= 0.6 is 0 Å². The maximum absolute atomic E-state index is 9.43. The van der Waals surface area contributed by atoms with Crippen LogP contribution in [0.4, 0.5) is 0 Å². The van der Waals surface area contributed by atoms with E-state index < -0.39 is 18.4 Å². The summed E-state index contributed by atoms with van der Waals surface area (Å²) in [4.78, 5) is 18.9. The van der Waals surface area contributed by atoms with E-state index in [-0.39, 0.29) is 71.7 Å². The van der Waals surface area contributed by atoms with E-state index in [1.807, 2.05) is 0 Å². The molecule has 0 spiro atoms. The Morgan fingerprint density at radius 1 is 1.15 bits per heavy atom. The fraction of sp³-hybridized carbons (Fsp3) is 0.571. The second-order valence-corrected chi connectivity index (χ2v) is 2.46. The van der Waals surface area contributed by atoms with Crippen molar-refractivity contribution in [2.24, 2.45) is 0 Å². The second kappa shape index (κ2) is 15.6. The third-order valence-electron chi connectivity index (χ3n) is 0.302. The Kier molecular flexibility index (Phi) is 28.6. The number of aliphatic carboxylic acids is 2. The van der Waals surface area contributed by atoms with Crippen molar-refractivity contribution in [3.8, 4) is 0 Å². The standard InChI is InChI=1S/C4H9.C3H4O4.K.Li.H/c1-4(2)3;4-2(5)1-3(6)7;;;/h1-3H3;1H2,(H,4,5)(H,6,7);;;/q-1;;2*+1;-1. The normalized spacial score (nSPS) is 7.08. The van der Waals surface area contributed by atoms with Crippen LogP contribution in [-0.2, 0) is 9.59 Å². The van der Waals surface area contributed by atoms with Crippen molar-refractivity contribution in [3.05, 3.63) is 5.92 Å². The Balaban J connectivity index is -0.0000000347. The van der Waals surface area contributed by atoms with Gasteiger partial charge in [0.1, 0.15) is 6.42 Å². The summed E-state index contributed by atoms with van der Waals surface area (Å²) in [6, 6.07) is 0. The number of carbonyl (C=O) groups is 2. The Morgan fingerprint density at radius 3 is 1.31 bits per heavy atom. The SMILES string of the molecule is C[C-](C)C.O=C(O)CC(=O)O.[H-].[K+].[Li+]. The molecular weight excluding hydrogens is 194 g/mol. The molecule has 0 fully saturated rings. The summed E-state index contributed by atoms with van der Waals surface area (Å²) in [6.07, 6.45) is -0.806. The smallest absolute Gasteiger partial charge is 1.00 e. The maximum atomic E-state index is 9.43. The van der Waals surface area contributed by atoms with Gasteiger partial charge >= 0.3 is 82.2 Å². The molecule has 0 aliphatic carbocycles. The quantitative estimate of drug-likeness (QED) is 0.272. The van der Waals surface area contributed by atoms with Crippen LogP contribution in [-0.4, -0.2) is 22.2 Å². The van der Waals surface area contributed by atoms with Crippen LogP contribution in [0.3, 0.4) is 0 Å². The van der Waals surface area contributed by atoms with Gasteiger partial charge in [0, 0.05) is 0 Å². The van der Waals surface area contributed by atoms with Crippen LogP contribution in [0.5, 0.6) is 0 Å². The fourth-order valence-corrected chi connectivity index (χ4v) is 0.129. The summed E-state index contributed by atoms with van der Waals surface area (Å²) >= 11 is 0. The van der Waals surface area contributed by atoms with E-state index in [0.29, 0.717) is 0 Å². The van der Waals surface area contributed by atoms with E-state index in [0.717, 1.165) is 0 Å². The summed E-state index contributed by atoms with van der Waals surface area (Å²) in [6.45, 7) is 6.25. The minimum Gasteiger partial charge on any atom is -1.00 e. The van der Waals surface area contributed by atoms with Crippen molar-refractivity contribution >= 4 is 11.9 Å². The van der Waals surface area contributed by atoms with Crippen LogP contribution < -0.4 is 70.2 Å². The zero-order chi connectivity index (χ0) is 9.44. The topological polar surface area (TPSA) is 74.6 Å². The molecule has 0 aromatic carbocycles. The molecule has 13 heavy (non-hydrogen) atoms. The molecule has 0 radical (unpaired) electrons. The van der Waals surface area contributed by atoms with Gasteiger partial charge in [-0.25, -0.2) is 0 Å². The molecule has 6 heteroatoms. The van der Waals surface area contributed by atoms with Gasteiger partial charge in [0.25, 0.3) is 0 Å². The molecule has 2 N–H and O–H groups in total.